The monoisotopic (exact) mass is 409 g/mol. The Hall–Kier alpha value is -3.97. The summed E-state index contributed by atoms with van der Waals surface area (Å²) in [6, 6.07) is 41.5. The van der Waals surface area contributed by atoms with Crippen molar-refractivity contribution in [3.63, 3.8) is 0 Å². The third kappa shape index (κ3) is 2.61. The lowest BCUT2D eigenvalue weighted by Crippen LogP contribution is -2.28. The maximum absolute atomic E-state index is 4.63. The summed E-state index contributed by atoms with van der Waals surface area (Å²) in [4.78, 5) is 4.63. The van der Waals surface area contributed by atoms with Gasteiger partial charge >= 0.3 is 0 Å². The van der Waals surface area contributed by atoms with Crippen LogP contribution in [0.1, 0.15) is 27.8 Å². The van der Waals surface area contributed by atoms with E-state index >= 15 is 0 Å². The predicted molar refractivity (Wildman–Crippen MR) is 132 cm³/mol. The van der Waals surface area contributed by atoms with Gasteiger partial charge in [-0.05, 0) is 64.1 Å². The second-order valence-corrected chi connectivity index (χ2v) is 8.45. The van der Waals surface area contributed by atoms with Crippen LogP contribution in [0.2, 0.25) is 0 Å². The fraction of sp³-hybridized carbons (Fsp3) is 0.0645. The Bertz CT molecular complexity index is 1360. The van der Waals surface area contributed by atoms with Crippen molar-refractivity contribution in [2.75, 3.05) is 0 Å². The van der Waals surface area contributed by atoms with Crippen molar-refractivity contribution in [1.82, 2.24) is 4.98 Å². The maximum Gasteiger partial charge on any atom is 0.0713 e. The molecule has 0 amide bonds. The van der Waals surface area contributed by atoms with E-state index < -0.39 is 0 Å². The summed E-state index contributed by atoms with van der Waals surface area (Å²) < 4.78 is 0. The molecule has 1 nitrogen and oxygen atoms in total. The molecule has 1 heteroatoms. The number of aromatic nitrogens is 1. The predicted octanol–water partition coefficient (Wildman–Crippen LogP) is 7.42. The summed E-state index contributed by atoms with van der Waals surface area (Å²) in [5.74, 6) is 0. The van der Waals surface area contributed by atoms with Gasteiger partial charge in [-0.1, -0.05) is 97.1 Å². The second-order valence-electron chi connectivity index (χ2n) is 8.45. The van der Waals surface area contributed by atoms with Gasteiger partial charge < -0.3 is 0 Å². The molecule has 0 aliphatic heterocycles. The molecule has 6 rings (SSSR count). The molecule has 152 valence electrons. The number of nitrogens with zero attached hydrogens (tertiary/aromatic N) is 1. The zero-order valence-electron chi connectivity index (χ0n) is 18.0. The molecule has 1 aliphatic carbocycles. The number of fused-ring (bicyclic) bond motifs is 3. The van der Waals surface area contributed by atoms with Crippen LogP contribution in [0.15, 0.2) is 121 Å². The van der Waals surface area contributed by atoms with Crippen molar-refractivity contribution in [3.8, 4) is 22.4 Å². The molecule has 1 aliphatic rings. The van der Waals surface area contributed by atoms with Gasteiger partial charge in [0.05, 0.1) is 11.1 Å². The highest BCUT2D eigenvalue weighted by Gasteiger charge is 2.46. The first-order valence-corrected chi connectivity index (χ1v) is 11.1. The molecule has 0 spiro atoms. The van der Waals surface area contributed by atoms with Gasteiger partial charge in [-0.15, -0.1) is 0 Å². The molecular weight excluding hydrogens is 386 g/mol. The zero-order chi connectivity index (χ0) is 21.5. The Morgan fingerprint density at radius 2 is 1.28 bits per heavy atom. The molecule has 5 aromatic rings. The topological polar surface area (TPSA) is 12.9 Å². The molecule has 0 radical (unpaired) electrons. The number of rotatable bonds is 3. The number of pyridine rings is 1. The van der Waals surface area contributed by atoms with E-state index in [4.69, 9.17) is 0 Å². The van der Waals surface area contributed by atoms with Gasteiger partial charge in [0.25, 0.3) is 0 Å². The quantitative estimate of drug-likeness (QED) is 0.296. The third-order valence-corrected chi connectivity index (χ3v) is 6.74. The summed E-state index contributed by atoms with van der Waals surface area (Å²) in [5, 5.41) is 0. The van der Waals surface area contributed by atoms with E-state index in [-0.39, 0.29) is 5.41 Å². The van der Waals surface area contributed by atoms with E-state index in [0.717, 1.165) is 11.3 Å². The first-order chi connectivity index (χ1) is 15.8. The molecule has 0 atom stereocenters. The van der Waals surface area contributed by atoms with E-state index in [2.05, 4.69) is 121 Å². The van der Waals surface area contributed by atoms with Crippen LogP contribution in [0, 0.1) is 6.92 Å². The van der Waals surface area contributed by atoms with Crippen LogP contribution < -0.4 is 0 Å². The van der Waals surface area contributed by atoms with Crippen LogP contribution in [-0.4, -0.2) is 4.98 Å². The summed E-state index contributed by atoms with van der Waals surface area (Å²) in [7, 11) is 0. The van der Waals surface area contributed by atoms with Gasteiger partial charge in [0.1, 0.15) is 0 Å². The lowest BCUT2D eigenvalue weighted by atomic mass is 9.67. The van der Waals surface area contributed by atoms with Crippen molar-refractivity contribution in [1.29, 1.82) is 0 Å². The number of hydrogen-bond donors (Lipinski definition) is 0. The summed E-state index contributed by atoms with van der Waals surface area (Å²) in [6.07, 6.45) is 1.86. The molecule has 0 saturated heterocycles. The Morgan fingerprint density at radius 1 is 0.594 bits per heavy atom. The molecule has 0 unspecified atom stereocenters. The SMILES string of the molecule is Cc1cccc2c1-c1ccc(-c3ccccn3)cc1C2(c1ccccc1)c1ccccc1. The molecule has 32 heavy (non-hydrogen) atoms. The van der Waals surface area contributed by atoms with E-state index in [1.807, 2.05) is 12.3 Å². The van der Waals surface area contributed by atoms with Gasteiger partial charge in [0.15, 0.2) is 0 Å². The summed E-state index contributed by atoms with van der Waals surface area (Å²) >= 11 is 0. The Kier molecular flexibility index (Phi) is 4.29. The van der Waals surface area contributed by atoms with Crippen LogP contribution in [0.3, 0.4) is 0 Å². The smallest absolute Gasteiger partial charge is 0.0713 e. The molecule has 1 aromatic heterocycles. The van der Waals surface area contributed by atoms with Gasteiger partial charge in [-0.2, -0.15) is 0 Å². The van der Waals surface area contributed by atoms with E-state index in [9.17, 15) is 0 Å². The molecule has 1 heterocycles. The lowest BCUT2D eigenvalue weighted by Gasteiger charge is -2.34. The Labute approximate surface area is 189 Å². The molecular formula is C31H23N. The number of aryl methyl sites for hydroxylation is 1. The van der Waals surface area contributed by atoms with E-state index in [1.54, 1.807) is 0 Å². The average molecular weight is 410 g/mol. The van der Waals surface area contributed by atoms with Crippen LogP contribution in [0.25, 0.3) is 22.4 Å². The molecule has 0 N–H and O–H groups in total. The van der Waals surface area contributed by atoms with Gasteiger partial charge in [-0.3, -0.25) is 4.98 Å². The fourth-order valence-corrected chi connectivity index (χ4v) is 5.41. The van der Waals surface area contributed by atoms with Crippen LogP contribution in [0.5, 0.6) is 0 Å². The maximum atomic E-state index is 4.63. The van der Waals surface area contributed by atoms with Crippen molar-refractivity contribution >= 4 is 0 Å². The molecule has 0 bridgehead atoms. The molecule has 4 aromatic carbocycles. The summed E-state index contributed by atoms with van der Waals surface area (Å²) in [6.45, 7) is 2.22. The Balaban J connectivity index is 1.77. The van der Waals surface area contributed by atoms with Crippen molar-refractivity contribution in [2.45, 2.75) is 12.3 Å². The highest BCUT2D eigenvalue weighted by atomic mass is 14.7. The van der Waals surface area contributed by atoms with Gasteiger partial charge in [0.2, 0.25) is 0 Å². The van der Waals surface area contributed by atoms with Crippen molar-refractivity contribution < 1.29 is 0 Å². The van der Waals surface area contributed by atoms with Crippen LogP contribution >= 0.6 is 0 Å². The summed E-state index contributed by atoms with van der Waals surface area (Å²) in [5.41, 5.74) is 11.0. The zero-order valence-corrected chi connectivity index (χ0v) is 18.0. The third-order valence-electron chi connectivity index (χ3n) is 6.74. The van der Waals surface area contributed by atoms with Crippen molar-refractivity contribution in [3.05, 3.63) is 149 Å². The van der Waals surface area contributed by atoms with Crippen LogP contribution in [0.4, 0.5) is 0 Å². The van der Waals surface area contributed by atoms with E-state index in [0.29, 0.717) is 0 Å². The standard InChI is InChI=1S/C31H23N/c1-22-11-10-16-27-30(22)26-19-18-23(29-17-8-9-20-32-29)21-28(26)31(27,24-12-4-2-5-13-24)25-14-6-3-7-15-25/h2-21H,1H3. The fourth-order valence-electron chi connectivity index (χ4n) is 5.41. The largest absolute Gasteiger partial charge is 0.256 e. The van der Waals surface area contributed by atoms with Gasteiger partial charge in [-0.25, -0.2) is 0 Å². The minimum atomic E-state index is -0.371. The average Bonchev–Trinajstić information content (AvgIpc) is 3.17. The first kappa shape index (κ1) is 18.8. The minimum Gasteiger partial charge on any atom is -0.256 e. The Morgan fingerprint density at radius 3 is 1.94 bits per heavy atom. The lowest BCUT2D eigenvalue weighted by molar-refractivity contribution is 0.768. The molecule has 0 fully saturated rings. The highest BCUT2D eigenvalue weighted by molar-refractivity contribution is 5.89. The van der Waals surface area contributed by atoms with Gasteiger partial charge in [0, 0.05) is 11.8 Å². The second kappa shape index (κ2) is 7.32. The molecule has 0 saturated carbocycles. The van der Waals surface area contributed by atoms with Crippen LogP contribution in [-0.2, 0) is 5.41 Å². The van der Waals surface area contributed by atoms with Crippen molar-refractivity contribution in [2.24, 2.45) is 0 Å². The number of benzene rings is 4. The first-order valence-electron chi connectivity index (χ1n) is 11.1. The minimum absolute atomic E-state index is 0.371. The van der Waals surface area contributed by atoms with E-state index in [1.165, 1.54) is 38.9 Å². The number of hydrogen-bond acceptors (Lipinski definition) is 1. The highest BCUT2D eigenvalue weighted by Crippen LogP contribution is 2.57. The normalized spacial score (nSPS) is 13.4.